The molecule has 16 heavy (non-hydrogen) atoms. The lowest BCUT2D eigenvalue weighted by molar-refractivity contribution is -0.112. The summed E-state index contributed by atoms with van der Waals surface area (Å²) in [6.45, 7) is 3.35. The maximum Gasteiger partial charge on any atom is 0.250 e. The maximum atomic E-state index is 11.8. The Morgan fingerprint density at radius 1 is 1.56 bits per heavy atom. The molecule has 0 radical (unpaired) electrons. The highest BCUT2D eigenvalue weighted by molar-refractivity contribution is 7.91. The monoisotopic (exact) mass is 281 g/mol. The summed E-state index contributed by atoms with van der Waals surface area (Å²) in [7, 11) is -3.63. The highest BCUT2D eigenvalue weighted by Crippen LogP contribution is 2.22. The Kier molecular flexibility index (Phi) is 4.49. The summed E-state index contributed by atoms with van der Waals surface area (Å²) < 4.78 is 25.9. The van der Waals surface area contributed by atoms with Gasteiger partial charge in [0.05, 0.1) is 6.04 Å². The summed E-state index contributed by atoms with van der Waals surface area (Å²) in [5.41, 5.74) is 0. The van der Waals surface area contributed by atoms with Crippen LogP contribution in [0.2, 0.25) is 0 Å². The van der Waals surface area contributed by atoms with Gasteiger partial charge in [-0.2, -0.15) is 4.72 Å². The molecule has 1 rings (SSSR count). The standard InChI is InChI=1S/C9H12ClNO3S2/c1-3-7-4-5-8(15-7)16(13,14)11-6(2)9(10)12/h4-6,11H,3H2,1-2H3. The topological polar surface area (TPSA) is 63.2 Å². The number of carbonyl (C=O) groups excluding carboxylic acids is 1. The summed E-state index contributed by atoms with van der Waals surface area (Å²) >= 11 is 6.38. The van der Waals surface area contributed by atoms with Gasteiger partial charge in [0, 0.05) is 4.88 Å². The number of nitrogens with one attached hydrogen (secondary N) is 1. The second-order valence-electron chi connectivity index (χ2n) is 3.22. The van der Waals surface area contributed by atoms with Gasteiger partial charge in [-0.1, -0.05) is 6.92 Å². The molecule has 4 nitrogen and oxygen atoms in total. The first kappa shape index (κ1) is 13.6. The lowest BCUT2D eigenvalue weighted by Gasteiger charge is -2.08. The summed E-state index contributed by atoms with van der Waals surface area (Å²) in [6, 6.07) is 2.36. The van der Waals surface area contributed by atoms with Gasteiger partial charge in [0.2, 0.25) is 5.24 Å². The second-order valence-corrected chi connectivity index (χ2v) is 6.70. The maximum absolute atomic E-state index is 11.8. The Bertz CT molecular complexity index is 481. The van der Waals surface area contributed by atoms with Crippen LogP contribution in [0.3, 0.4) is 0 Å². The van der Waals surface area contributed by atoms with Crippen LogP contribution in [0.1, 0.15) is 18.7 Å². The first-order valence-corrected chi connectivity index (χ1v) is 7.35. The Morgan fingerprint density at radius 3 is 2.62 bits per heavy atom. The summed E-state index contributed by atoms with van der Waals surface area (Å²) in [5.74, 6) is 0. The van der Waals surface area contributed by atoms with Gasteiger partial charge < -0.3 is 0 Å². The van der Waals surface area contributed by atoms with E-state index in [9.17, 15) is 13.2 Å². The SMILES string of the molecule is CCc1ccc(S(=O)(=O)NC(C)C(=O)Cl)s1. The summed E-state index contributed by atoms with van der Waals surface area (Å²) in [5, 5.41) is -0.726. The molecule has 0 aliphatic rings. The summed E-state index contributed by atoms with van der Waals surface area (Å²) in [6.07, 6.45) is 0.782. The van der Waals surface area contributed by atoms with E-state index in [2.05, 4.69) is 4.72 Å². The quantitative estimate of drug-likeness (QED) is 0.836. The van der Waals surface area contributed by atoms with Gasteiger partial charge in [-0.05, 0) is 37.1 Å². The van der Waals surface area contributed by atoms with Crippen LogP contribution in [0.15, 0.2) is 16.3 Å². The van der Waals surface area contributed by atoms with Crippen LogP contribution in [-0.2, 0) is 21.2 Å². The molecule has 0 bridgehead atoms. The molecule has 0 aromatic carbocycles. The van der Waals surface area contributed by atoms with Crippen molar-refractivity contribution < 1.29 is 13.2 Å². The zero-order chi connectivity index (χ0) is 12.3. The molecule has 0 saturated heterocycles. The number of halogens is 1. The van der Waals surface area contributed by atoms with Gasteiger partial charge >= 0.3 is 0 Å². The van der Waals surface area contributed by atoms with Gasteiger partial charge in [0.25, 0.3) is 10.0 Å². The first-order valence-electron chi connectivity index (χ1n) is 4.67. The molecule has 1 aromatic rings. The Labute approximate surface area is 104 Å². The molecular formula is C9H12ClNO3S2. The van der Waals surface area contributed by atoms with Crippen LogP contribution < -0.4 is 4.72 Å². The van der Waals surface area contributed by atoms with E-state index in [1.165, 1.54) is 24.3 Å². The van der Waals surface area contributed by atoms with Gasteiger partial charge in [0.15, 0.2) is 0 Å². The molecule has 0 aliphatic carbocycles. The van der Waals surface area contributed by atoms with Crippen LogP contribution in [0.5, 0.6) is 0 Å². The van der Waals surface area contributed by atoms with Gasteiger partial charge in [0.1, 0.15) is 4.21 Å². The average molecular weight is 282 g/mol. The largest absolute Gasteiger partial charge is 0.279 e. The Balaban J connectivity index is 2.90. The smallest absolute Gasteiger partial charge is 0.250 e. The molecular weight excluding hydrogens is 270 g/mol. The molecule has 0 aliphatic heterocycles. The lowest BCUT2D eigenvalue weighted by atomic mass is 10.4. The summed E-state index contributed by atoms with van der Waals surface area (Å²) in [4.78, 5) is 11.7. The van der Waals surface area contributed by atoms with Gasteiger partial charge in [-0.25, -0.2) is 8.42 Å². The van der Waals surface area contributed by atoms with Crippen LogP contribution in [0.25, 0.3) is 0 Å². The normalized spacial score (nSPS) is 13.7. The van der Waals surface area contributed by atoms with Crippen molar-refractivity contribution in [3.63, 3.8) is 0 Å². The van der Waals surface area contributed by atoms with Crippen LogP contribution in [0, 0.1) is 0 Å². The third-order valence-electron chi connectivity index (χ3n) is 1.92. The highest BCUT2D eigenvalue weighted by Gasteiger charge is 2.22. The molecule has 1 aromatic heterocycles. The lowest BCUT2D eigenvalue weighted by Crippen LogP contribution is -2.36. The van der Waals surface area contributed by atoms with E-state index in [4.69, 9.17) is 11.6 Å². The number of rotatable bonds is 5. The van der Waals surface area contributed by atoms with Crippen LogP contribution >= 0.6 is 22.9 Å². The fourth-order valence-electron chi connectivity index (χ4n) is 1.03. The minimum atomic E-state index is -3.63. The van der Waals surface area contributed by atoms with Crippen molar-refractivity contribution in [3.05, 3.63) is 17.0 Å². The molecule has 0 fully saturated rings. The average Bonchev–Trinajstić information content (AvgIpc) is 2.65. The van der Waals surface area contributed by atoms with Crippen molar-refractivity contribution in [2.45, 2.75) is 30.5 Å². The van der Waals surface area contributed by atoms with Crippen LogP contribution in [0.4, 0.5) is 0 Å². The fraction of sp³-hybridized carbons (Fsp3) is 0.444. The van der Waals surface area contributed by atoms with E-state index in [-0.39, 0.29) is 4.21 Å². The number of thiophene rings is 1. The molecule has 90 valence electrons. The minimum Gasteiger partial charge on any atom is -0.279 e. The van der Waals surface area contributed by atoms with Crippen molar-refractivity contribution in [2.24, 2.45) is 0 Å². The van der Waals surface area contributed by atoms with E-state index >= 15 is 0 Å². The molecule has 1 atom stereocenters. The fourth-order valence-corrected chi connectivity index (χ4v) is 3.66. The Morgan fingerprint density at radius 2 is 2.19 bits per heavy atom. The zero-order valence-electron chi connectivity index (χ0n) is 8.86. The predicted octanol–water partition coefficient (Wildman–Crippen LogP) is 1.74. The number of hydrogen-bond acceptors (Lipinski definition) is 4. The third-order valence-corrected chi connectivity index (χ3v) is 5.51. The van der Waals surface area contributed by atoms with E-state index in [0.29, 0.717) is 0 Å². The molecule has 7 heteroatoms. The molecule has 1 heterocycles. The van der Waals surface area contributed by atoms with E-state index < -0.39 is 21.3 Å². The number of sulfonamides is 1. The van der Waals surface area contributed by atoms with E-state index in [0.717, 1.165) is 11.3 Å². The number of hydrogen-bond donors (Lipinski definition) is 1. The molecule has 1 N–H and O–H groups in total. The van der Waals surface area contributed by atoms with E-state index in [1.54, 1.807) is 6.07 Å². The third kappa shape index (κ3) is 3.28. The van der Waals surface area contributed by atoms with Gasteiger partial charge in [-0.15, -0.1) is 11.3 Å². The Hall–Kier alpha value is -0.430. The van der Waals surface area contributed by atoms with Crippen molar-refractivity contribution in [1.82, 2.24) is 4.72 Å². The van der Waals surface area contributed by atoms with Crippen molar-refractivity contribution in [1.29, 1.82) is 0 Å². The molecule has 0 amide bonds. The predicted molar refractivity (Wildman–Crippen MR) is 64.3 cm³/mol. The van der Waals surface area contributed by atoms with Crippen molar-refractivity contribution in [3.8, 4) is 0 Å². The highest BCUT2D eigenvalue weighted by atomic mass is 35.5. The first-order chi connectivity index (χ1) is 7.36. The van der Waals surface area contributed by atoms with Crippen molar-refractivity contribution >= 4 is 38.2 Å². The zero-order valence-corrected chi connectivity index (χ0v) is 11.2. The molecule has 0 saturated carbocycles. The number of aryl methyl sites for hydroxylation is 1. The molecule has 0 spiro atoms. The van der Waals surface area contributed by atoms with Crippen LogP contribution in [-0.4, -0.2) is 19.7 Å². The van der Waals surface area contributed by atoms with Crippen molar-refractivity contribution in [2.75, 3.05) is 0 Å². The molecule has 1 unspecified atom stereocenters. The minimum absolute atomic E-state index is 0.203. The second kappa shape index (κ2) is 5.27. The van der Waals surface area contributed by atoms with E-state index in [1.807, 2.05) is 6.92 Å². The number of carbonyl (C=O) groups is 1. The van der Waals surface area contributed by atoms with Gasteiger partial charge in [-0.3, -0.25) is 4.79 Å².